The monoisotopic (exact) mass is 296 g/mol. The number of alkyl carbamates (subject to hydrolysis) is 1. The number of nitrogens with zero attached hydrogens (tertiary/aromatic N) is 1. The summed E-state index contributed by atoms with van der Waals surface area (Å²) < 4.78 is 9.57. The van der Waals surface area contributed by atoms with Gasteiger partial charge in [-0.3, -0.25) is 0 Å². The van der Waals surface area contributed by atoms with E-state index in [1.54, 1.807) is 6.08 Å². The number of hydrogen-bond donors (Lipinski definition) is 1. The van der Waals surface area contributed by atoms with Gasteiger partial charge in [0.05, 0.1) is 5.54 Å². The Hall–Kier alpha value is -2.14. The summed E-state index contributed by atoms with van der Waals surface area (Å²) in [5.74, 6) is -0.561. The summed E-state index contributed by atoms with van der Waals surface area (Å²) in [5, 5.41) is 2.72. The Labute approximate surface area is 123 Å². The molecule has 2 atom stereocenters. The van der Waals surface area contributed by atoms with E-state index in [-0.39, 0.29) is 19.3 Å². The molecule has 116 valence electrons. The third kappa shape index (κ3) is 6.23. The van der Waals surface area contributed by atoms with E-state index < -0.39 is 17.6 Å². The number of esters is 1. The SMILES string of the molecule is C=CC(=O)OCCOC(=O)NC1CCCC(C)(N=C=O)C1. The van der Waals surface area contributed by atoms with Crippen molar-refractivity contribution in [1.82, 2.24) is 5.32 Å². The predicted molar refractivity (Wildman–Crippen MR) is 74.4 cm³/mol. The zero-order chi connectivity index (χ0) is 15.7. The molecule has 0 heterocycles. The van der Waals surface area contributed by atoms with Gasteiger partial charge in [0.15, 0.2) is 0 Å². The lowest BCUT2D eigenvalue weighted by Crippen LogP contribution is -2.44. The fourth-order valence-corrected chi connectivity index (χ4v) is 2.34. The van der Waals surface area contributed by atoms with Crippen molar-refractivity contribution in [2.75, 3.05) is 13.2 Å². The highest BCUT2D eigenvalue weighted by Crippen LogP contribution is 2.31. The first-order chi connectivity index (χ1) is 9.99. The molecule has 0 aromatic rings. The van der Waals surface area contributed by atoms with E-state index in [1.165, 1.54) is 0 Å². The zero-order valence-electron chi connectivity index (χ0n) is 12.1. The molecular formula is C14H20N2O5. The second-order valence-corrected chi connectivity index (χ2v) is 5.15. The minimum absolute atomic E-state index is 0.0178. The number of nitrogens with one attached hydrogen (secondary N) is 1. The van der Waals surface area contributed by atoms with Gasteiger partial charge in [-0.2, -0.15) is 4.99 Å². The number of hydrogen-bond acceptors (Lipinski definition) is 6. The highest BCUT2D eigenvalue weighted by Gasteiger charge is 2.32. The Morgan fingerprint density at radius 2 is 2.19 bits per heavy atom. The smallest absolute Gasteiger partial charge is 0.407 e. The second-order valence-electron chi connectivity index (χ2n) is 5.15. The van der Waals surface area contributed by atoms with Gasteiger partial charge in [0.25, 0.3) is 0 Å². The van der Waals surface area contributed by atoms with Gasteiger partial charge >= 0.3 is 12.1 Å². The standard InChI is InChI=1S/C14H20N2O5/c1-3-12(18)20-7-8-21-13(19)16-11-5-4-6-14(2,9-11)15-10-17/h3,11H,1,4-9H2,2H3,(H,16,19). The lowest BCUT2D eigenvalue weighted by Gasteiger charge is -2.33. The van der Waals surface area contributed by atoms with Crippen LogP contribution in [0.3, 0.4) is 0 Å². The molecule has 1 N–H and O–H groups in total. The molecule has 0 saturated heterocycles. The van der Waals surface area contributed by atoms with Crippen molar-refractivity contribution in [3.63, 3.8) is 0 Å². The third-order valence-corrected chi connectivity index (χ3v) is 3.32. The molecule has 0 aliphatic heterocycles. The van der Waals surface area contributed by atoms with Crippen LogP contribution in [0.5, 0.6) is 0 Å². The van der Waals surface area contributed by atoms with Crippen molar-refractivity contribution >= 4 is 18.1 Å². The van der Waals surface area contributed by atoms with E-state index in [9.17, 15) is 14.4 Å². The molecule has 0 aromatic heterocycles. The number of isocyanates is 1. The minimum Gasteiger partial charge on any atom is -0.459 e. The first kappa shape index (κ1) is 16.9. The molecule has 0 bridgehead atoms. The molecule has 1 amide bonds. The van der Waals surface area contributed by atoms with Crippen LogP contribution in [-0.2, 0) is 19.1 Å². The highest BCUT2D eigenvalue weighted by molar-refractivity contribution is 5.81. The van der Waals surface area contributed by atoms with Crippen LogP contribution in [0.1, 0.15) is 32.6 Å². The maximum atomic E-state index is 11.6. The third-order valence-electron chi connectivity index (χ3n) is 3.32. The minimum atomic E-state index is -0.575. The van der Waals surface area contributed by atoms with Crippen LogP contribution >= 0.6 is 0 Å². The molecule has 2 unspecified atom stereocenters. The van der Waals surface area contributed by atoms with Crippen LogP contribution in [0, 0.1) is 0 Å². The maximum Gasteiger partial charge on any atom is 0.407 e. The van der Waals surface area contributed by atoms with E-state index >= 15 is 0 Å². The Kier molecular flexibility index (Phi) is 6.62. The number of carbonyl (C=O) groups is 2. The normalized spacial score (nSPS) is 24.3. The van der Waals surface area contributed by atoms with Crippen LogP contribution in [0.15, 0.2) is 17.6 Å². The molecule has 0 aromatic carbocycles. The largest absolute Gasteiger partial charge is 0.459 e. The summed E-state index contributed by atoms with van der Waals surface area (Å²) >= 11 is 0. The van der Waals surface area contributed by atoms with Crippen LogP contribution in [-0.4, -0.2) is 42.9 Å². The van der Waals surface area contributed by atoms with Gasteiger partial charge in [0, 0.05) is 12.1 Å². The molecule has 0 spiro atoms. The van der Waals surface area contributed by atoms with E-state index in [1.807, 2.05) is 6.92 Å². The van der Waals surface area contributed by atoms with Crippen molar-refractivity contribution in [3.05, 3.63) is 12.7 Å². The first-order valence-corrected chi connectivity index (χ1v) is 6.80. The average Bonchev–Trinajstić information content (AvgIpc) is 2.43. The fraction of sp³-hybridized carbons (Fsp3) is 0.643. The van der Waals surface area contributed by atoms with Gasteiger partial charge in [-0.05, 0) is 32.6 Å². The molecule has 7 nitrogen and oxygen atoms in total. The average molecular weight is 296 g/mol. The Balaban J connectivity index is 2.29. The summed E-state index contributed by atoms with van der Waals surface area (Å²) in [6.45, 7) is 5.07. The summed E-state index contributed by atoms with van der Waals surface area (Å²) in [6.07, 6.45) is 5.09. The van der Waals surface area contributed by atoms with Crippen LogP contribution < -0.4 is 5.32 Å². The molecule has 21 heavy (non-hydrogen) atoms. The van der Waals surface area contributed by atoms with Crippen molar-refractivity contribution in [3.8, 4) is 0 Å². The molecule has 1 rings (SSSR count). The maximum absolute atomic E-state index is 11.6. The lowest BCUT2D eigenvalue weighted by atomic mass is 9.81. The zero-order valence-corrected chi connectivity index (χ0v) is 12.1. The summed E-state index contributed by atoms with van der Waals surface area (Å²) in [6, 6.07) is -0.0934. The molecule has 1 aliphatic rings. The van der Waals surface area contributed by atoms with E-state index in [2.05, 4.69) is 21.6 Å². The molecular weight excluding hydrogens is 276 g/mol. The highest BCUT2D eigenvalue weighted by atomic mass is 16.6. The van der Waals surface area contributed by atoms with E-state index in [0.29, 0.717) is 6.42 Å². The molecule has 1 fully saturated rings. The Bertz CT molecular complexity index is 445. The van der Waals surface area contributed by atoms with Gasteiger partial charge in [0.1, 0.15) is 13.2 Å². The van der Waals surface area contributed by atoms with Crippen molar-refractivity contribution in [1.29, 1.82) is 0 Å². The second kappa shape index (κ2) is 8.21. The van der Waals surface area contributed by atoms with Gasteiger partial charge in [-0.15, -0.1) is 0 Å². The number of amides is 1. The molecule has 7 heteroatoms. The molecule has 1 aliphatic carbocycles. The molecule has 0 radical (unpaired) electrons. The van der Waals surface area contributed by atoms with E-state index in [4.69, 9.17) is 4.74 Å². The first-order valence-electron chi connectivity index (χ1n) is 6.80. The Morgan fingerprint density at radius 1 is 1.48 bits per heavy atom. The quantitative estimate of drug-likeness (QED) is 0.263. The van der Waals surface area contributed by atoms with Crippen LogP contribution in [0.25, 0.3) is 0 Å². The number of carbonyl (C=O) groups excluding carboxylic acids is 3. The van der Waals surface area contributed by atoms with Gasteiger partial charge in [-0.1, -0.05) is 6.58 Å². The fourth-order valence-electron chi connectivity index (χ4n) is 2.34. The lowest BCUT2D eigenvalue weighted by molar-refractivity contribution is -0.138. The van der Waals surface area contributed by atoms with Crippen molar-refractivity contribution in [2.24, 2.45) is 4.99 Å². The van der Waals surface area contributed by atoms with Gasteiger partial charge in [-0.25, -0.2) is 14.4 Å². The van der Waals surface area contributed by atoms with Crippen molar-refractivity contribution in [2.45, 2.75) is 44.2 Å². The van der Waals surface area contributed by atoms with E-state index in [0.717, 1.165) is 25.3 Å². The summed E-state index contributed by atoms with van der Waals surface area (Å²) in [5.41, 5.74) is -0.475. The Morgan fingerprint density at radius 3 is 2.86 bits per heavy atom. The summed E-state index contributed by atoms with van der Waals surface area (Å²) in [7, 11) is 0. The van der Waals surface area contributed by atoms with Crippen LogP contribution in [0.4, 0.5) is 4.79 Å². The van der Waals surface area contributed by atoms with Crippen LogP contribution in [0.2, 0.25) is 0 Å². The number of rotatable bonds is 6. The number of aliphatic imine (C=N–C) groups is 1. The van der Waals surface area contributed by atoms with Gasteiger partial charge in [0.2, 0.25) is 6.08 Å². The predicted octanol–water partition coefficient (Wildman–Crippen LogP) is 1.48. The van der Waals surface area contributed by atoms with Gasteiger partial charge < -0.3 is 14.8 Å². The molecule has 1 saturated carbocycles. The topological polar surface area (TPSA) is 94.1 Å². The number of ether oxygens (including phenoxy) is 2. The van der Waals surface area contributed by atoms with Crippen molar-refractivity contribution < 1.29 is 23.9 Å². The summed E-state index contributed by atoms with van der Waals surface area (Å²) in [4.78, 5) is 36.6.